The molecule has 0 bridgehead atoms. The van der Waals surface area contributed by atoms with Crippen LogP contribution in [0.5, 0.6) is 0 Å². The van der Waals surface area contributed by atoms with Crippen molar-refractivity contribution in [2.75, 3.05) is 9.96 Å². The number of nitrogens with zero attached hydrogens (tertiary/aromatic N) is 2. The molecule has 2 heterocycles. The van der Waals surface area contributed by atoms with Crippen LogP contribution >= 0.6 is 11.6 Å². The number of carbonyl (C=O) groups is 2. The minimum Gasteiger partial charge on any atom is -0.273 e. The lowest BCUT2D eigenvalue weighted by molar-refractivity contribution is -0.126. The van der Waals surface area contributed by atoms with E-state index in [0.717, 1.165) is 11.3 Å². The molecule has 5 nitrogen and oxygen atoms in total. The number of anilines is 2. The van der Waals surface area contributed by atoms with Gasteiger partial charge in [-0.25, -0.2) is 9.96 Å². The Morgan fingerprint density at radius 1 is 0.759 bits per heavy atom. The standard InChI is InChI=1S/C23H17ClN2O3/c24-16-10-7-13-18(14-16)25-22(27)19-20(15-8-3-1-4-9-15)26(29-21(19)23(25)28)17-11-5-2-6-12-17/h1-14,19-21H/t19-,20+,21+/m1/s1. The molecular weight excluding hydrogens is 388 g/mol. The summed E-state index contributed by atoms with van der Waals surface area (Å²) in [6.07, 6.45) is -0.883. The molecule has 0 aromatic heterocycles. The number of hydrogen-bond donors (Lipinski definition) is 0. The molecule has 0 aliphatic carbocycles. The van der Waals surface area contributed by atoms with Gasteiger partial charge in [0.25, 0.3) is 5.91 Å². The number of fused-ring (bicyclic) bond motifs is 1. The first kappa shape index (κ1) is 17.9. The fraction of sp³-hybridized carbons (Fsp3) is 0.130. The third-order valence-corrected chi connectivity index (χ3v) is 5.57. The monoisotopic (exact) mass is 404 g/mol. The molecule has 6 heteroatoms. The number of para-hydroxylation sites is 1. The van der Waals surface area contributed by atoms with Gasteiger partial charge in [0.05, 0.1) is 17.4 Å². The van der Waals surface area contributed by atoms with E-state index in [4.69, 9.17) is 16.4 Å². The zero-order valence-corrected chi connectivity index (χ0v) is 16.1. The number of carbonyl (C=O) groups excluding carboxylic acids is 2. The second-order valence-corrected chi connectivity index (χ2v) is 7.50. The van der Waals surface area contributed by atoms with Crippen LogP contribution < -0.4 is 9.96 Å². The van der Waals surface area contributed by atoms with Crippen molar-refractivity contribution < 1.29 is 14.4 Å². The first-order valence-electron chi connectivity index (χ1n) is 9.34. The molecular formula is C23H17ClN2O3. The Labute approximate surface area is 173 Å². The summed E-state index contributed by atoms with van der Waals surface area (Å²) in [5, 5.41) is 2.15. The molecule has 0 radical (unpaired) electrons. The fourth-order valence-corrected chi connectivity index (χ4v) is 4.26. The predicted molar refractivity (Wildman–Crippen MR) is 110 cm³/mol. The predicted octanol–water partition coefficient (Wildman–Crippen LogP) is 4.39. The third kappa shape index (κ3) is 2.90. The molecule has 2 aliphatic heterocycles. The topological polar surface area (TPSA) is 49.9 Å². The van der Waals surface area contributed by atoms with E-state index in [2.05, 4.69) is 0 Å². The van der Waals surface area contributed by atoms with Crippen molar-refractivity contribution in [2.45, 2.75) is 12.1 Å². The van der Waals surface area contributed by atoms with E-state index in [1.165, 1.54) is 4.90 Å². The highest BCUT2D eigenvalue weighted by molar-refractivity contribution is 6.31. The average molecular weight is 405 g/mol. The third-order valence-electron chi connectivity index (χ3n) is 5.33. The summed E-state index contributed by atoms with van der Waals surface area (Å²) in [6, 6.07) is 25.5. The van der Waals surface area contributed by atoms with Crippen LogP contribution in [0.15, 0.2) is 84.9 Å². The Morgan fingerprint density at radius 2 is 1.41 bits per heavy atom. The lowest BCUT2D eigenvalue weighted by Gasteiger charge is -2.28. The molecule has 2 saturated heterocycles. The molecule has 3 aromatic rings. The maximum atomic E-state index is 13.4. The molecule has 144 valence electrons. The first-order chi connectivity index (χ1) is 14.1. The smallest absolute Gasteiger partial charge is 0.266 e. The maximum absolute atomic E-state index is 13.4. The summed E-state index contributed by atoms with van der Waals surface area (Å²) in [4.78, 5) is 33.9. The van der Waals surface area contributed by atoms with Gasteiger partial charge in [0.15, 0.2) is 6.10 Å². The minimum atomic E-state index is -0.883. The Balaban J connectivity index is 1.59. The molecule has 3 atom stereocenters. The van der Waals surface area contributed by atoms with Crippen molar-refractivity contribution in [1.29, 1.82) is 0 Å². The van der Waals surface area contributed by atoms with Gasteiger partial charge in [0, 0.05) is 5.02 Å². The number of benzene rings is 3. The van der Waals surface area contributed by atoms with Crippen LogP contribution in [0.4, 0.5) is 11.4 Å². The molecule has 2 amide bonds. The molecule has 0 saturated carbocycles. The Morgan fingerprint density at radius 3 is 2.10 bits per heavy atom. The quantitative estimate of drug-likeness (QED) is 0.607. The number of hydrogen-bond acceptors (Lipinski definition) is 4. The summed E-state index contributed by atoms with van der Waals surface area (Å²) in [7, 11) is 0. The Kier molecular flexibility index (Phi) is 4.34. The average Bonchev–Trinajstić information content (AvgIpc) is 3.26. The molecule has 29 heavy (non-hydrogen) atoms. The molecule has 2 aliphatic rings. The van der Waals surface area contributed by atoms with Gasteiger partial charge in [0.2, 0.25) is 5.91 Å². The first-order valence-corrected chi connectivity index (χ1v) is 9.72. The number of hydroxylamine groups is 1. The van der Waals surface area contributed by atoms with E-state index in [0.29, 0.717) is 10.7 Å². The van der Waals surface area contributed by atoms with E-state index in [1.807, 2.05) is 60.7 Å². The highest BCUT2D eigenvalue weighted by atomic mass is 35.5. The van der Waals surface area contributed by atoms with Crippen molar-refractivity contribution in [1.82, 2.24) is 0 Å². The fourth-order valence-electron chi connectivity index (χ4n) is 4.07. The number of amides is 2. The van der Waals surface area contributed by atoms with Crippen molar-refractivity contribution in [3.63, 3.8) is 0 Å². The largest absolute Gasteiger partial charge is 0.273 e. The van der Waals surface area contributed by atoms with Crippen molar-refractivity contribution in [3.05, 3.63) is 95.5 Å². The normalized spacial score (nSPS) is 23.6. The van der Waals surface area contributed by atoms with Crippen molar-refractivity contribution in [2.24, 2.45) is 5.92 Å². The summed E-state index contributed by atoms with van der Waals surface area (Å²) in [5.74, 6) is -1.31. The van der Waals surface area contributed by atoms with Gasteiger partial charge in [-0.2, -0.15) is 0 Å². The number of halogens is 1. The maximum Gasteiger partial charge on any atom is 0.266 e. The SMILES string of the molecule is O=C1[C@H]2[C@H](ON(c3ccccc3)[C@H]2c2ccccc2)C(=O)N1c1cccc(Cl)c1. The van der Waals surface area contributed by atoms with Gasteiger partial charge in [-0.15, -0.1) is 0 Å². The van der Waals surface area contributed by atoms with Crippen LogP contribution in [-0.2, 0) is 14.4 Å². The Bertz CT molecular complexity index is 1070. The Hall–Kier alpha value is -3.15. The molecule has 0 N–H and O–H groups in total. The van der Waals surface area contributed by atoms with Crippen LogP contribution in [0.25, 0.3) is 0 Å². The van der Waals surface area contributed by atoms with Crippen LogP contribution in [0.2, 0.25) is 5.02 Å². The zero-order valence-electron chi connectivity index (χ0n) is 15.3. The van der Waals surface area contributed by atoms with Crippen molar-refractivity contribution >= 4 is 34.8 Å². The van der Waals surface area contributed by atoms with Gasteiger partial charge in [-0.05, 0) is 35.9 Å². The minimum absolute atomic E-state index is 0.283. The summed E-state index contributed by atoms with van der Waals surface area (Å²) in [6.45, 7) is 0. The van der Waals surface area contributed by atoms with Crippen LogP contribution in [0, 0.1) is 5.92 Å². The van der Waals surface area contributed by atoms with E-state index in [9.17, 15) is 9.59 Å². The van der Waals surface area contributed by atoms with Gasteiger partial charge >= 0.3 is 0 Å². The molecule has 0 unspecified atom stereocenters. The zero-order chi connectivity index (χ0) is 20.0. The second kappa shape index (κ2) is 7.03. The second-order valence-electron chi connectivity index (χ2n) is 7.06. The van der Waals surface area contributed by atoms with Crippen LogP contribution in [0.1, 0.15) is 11.6 Å². The van der Waals surface area contributed by atoms with Gasteiger partial charge in [-0.1, -0.05) is 66.2 Å². The number of imide groups is 1. The summed E-state index contributed by atoms with van der Waals surface area (Å²) >= 11 is 6.08. The highest BCUT2D eigenvalue weighted by Gasteiger charge is 2.60. The van der Waals surface area contributed by atoms with E-state index >= 15 is 0 Å². The van der Waals surface area contributed by atoms with E-state index < -0.39 is 18.1 Å². The molecule has 0 spiro atoms. The lowest BCUT2D eigenvalue weighted by atomic mass is 9.90. The highest BCUT2D eigenvalue weighted by Crippen LogP contribution is 2.47. The van der Waals surface area contributed by atoms with E-state index in [-0.39, 0.29) is 11.8 Å². The van der Waals surface area contributed by atoms with Crippen LogP contribution in [-0.4, -0.2) is 17.9 Å². The van der Waals surface area contributed by atoms with Crippen molar-refractivity contribution in [3.8, 4) is 0 Å². The van der Waals surface area contributed by atoms with Gasteiger partial charge in [0.1, 0.15) is 5.92 Å². The van der Waals surface area contributed by atoms with Gasteiger partial charge < -0.3 is 0 Å². The lowest BCUT2D eigenvalue weighted by Crippen LogP contribution is -2.37. The molecule has 2 fully saturated rings. The summed E-state index contributed by atoms with van der Waals surface area (Å²) < 4.78 is 0. The van der Waals surface area contributed by atoms with Crippen LogP contribution in [0.3, 0.4) is 0 Å². The summed E-state index contributed by atoms with van der Waals surface area (Å²) in [5.41, 5.74) is 2.17. The van der Waals surface area contributed by atoms with Gasteiger partial charge in [-0.3, -0.25) is 14.4 Å². The van der Waals surface area contributed by atoms with E-state index in [1.54, 1.807) is 29.3 Å². The number of rotatable bonds is 3. The molecule has 3 aromatic carbocycles. The molecule has 5 rings (SSSR count).